The predicted octanol–water partition coefficient (Wildman–Crippen LogP) is 1.18. The van der Waals surface area contributed by atoms with Crippen LogP contribution in [0.3, 0.4) is 0 Å². The van der Waals surface area contributed by atoms with Gasteiger partial charge < -0.3 is 20.7 Å². The van der Waals surface area contributed by atoms with Gasteiger partial charge in [0, 0.05) is 31.8 Å². The van der Waals surface area contributed by atoms with E-state index in [1.807, 2.05) is 6.92 Å². The molecule has 18 heavy (non-hydrogen) atoms. The number of carbonyl (C=O) groups excluding carboxylic acids is 1. The third-order valence-corrected chi connectivity index (χ3v) is 3.56. The lowest BCUT2D eigenvalue weighted by Gasteiger charge is -2.34. The molecule has 2 amide bonds. The maximum atomic E-state index is 11.0. The molecule has 1 rings (SSSR count). The number of nitrogens with one attached hydrogen (secondary N) is 1. The van der Waals surface area contributed by atoms with E-state index in [1.165, 1.54) is 0 Å². The van der Waals surface area contributed by atoms with Gasteiger partial charge in [-0.3, -0.25) is 0 Å². The van der Waals surface area contributed by atoms with Crippen molar-refractivity contribution in [3.05, 3.63) is 0 Å². The van der Waals surface area contributed by atoms with Crippen molar-refractivity contribution >= 4 is 6.03 Å². The Morgan fingerprint density at radius 1 is 1.44 bits per heavy atom. The normalized spacial score (nSPS) is 19.2. The first kappa shape index (κ1) is 15.2. The van der Waals surface area contributed by atoms with Crippen molar-refractivity contribution in [1.82, 2.24) is 10.2 Å². The van der Waals surface area contributed by atoms with Gasteiger partial charge in [0.1, 0.15) is 0 Å². The standard InChI is InChI=1S/C13H27N3O2/c1-4-18-9-12(10(2)3)15-11-5-7-16(8-6-11)13(14)17/h10-12,15H,4-9H2,1-3H3,(H2,14,17). The topological polar surface area (TPSA) is 67.6 Å². The molecule has 5 heteroatoms. The second-order valence-electron chi connectivity index (χ2n) is 5.28. The highest BCUT2D eigenvalue weighted by atomic mass is 16.5. The number of ether oxygens (including phenoxy) is 1. The van der Waals surface area contributed by atoms with E-state index in [1.54, 1.807) is 4.90 Å². The lowest BCUT2D eigenvalue weighted by atomic mass is 9.99. The molecular weight excluding hydrogens is 230 g/mol. The average molecular weight is 257 g/mol. The Labute approximate surface area is 110 Å². The number of primary amides is 1. The Morgan fingerprint density at radius 3 is 2.50 bits per heavy atom. The molecule has 0 aromatic carbocycles. The van der Waals surface area contributed by atoms with E-state index < -0.39 is 0 Å². The van der Waals surface area contributed by atoms with E-state index in [0.717, 1.165) is 39.1 Å². The quantitative estimate of drug-likeness (QED) is 0.751. The molecule has 1 heterocycles. The summed E-state index contributed by atoms with van der Waals surface area (Å²) < 4.78 is 5.51. The van der Waals surface area contributed by atoms with E-state index in [9.17, 15) is 4.79 Å². The Bertz CT molecular complexity index is 251. The van der Waals surface area contributed by atoms with Crippen molar-refractivity contribution in [2.45, 2.75) is 45.7 Å². The van der Waals surface area contributed by atoms with Gasteiger partial charge in [0.05, 0.1) is 6.61 Å². The number of urea groups is 1. The molecule has 0 spiro atoms. The van der Waals surface area contributed by atoms with Crippen molar-refractivity contribution in [1.29, 1.82) is 0 Å². The molecule has 1 aliphatic heterocycles. The molecule has 106 valence electrons. The molecule has 3 N–H and O–H groups in total. The average Bonchev–Trinajstić information content (AvgIpc) is 2.34. The third-order valence-electron chi connectivity index (χ3n) is 3.56. The van der Waals surface area contributed by atoms with Crippen LogP contribution in [0.4, 0.5) is 4.79 Å². The smallest absolute Gasteiger partial charge is 0.314 e. The molecule has 1 saturated heterocycles. The fourth-order valence-electron chi connectivity index (χ4n) is 2.25. The Balaban J connectivity index is 2.35. The lowest BCUT2D eigenvalue weighted by molar-refractivity contribution is 0.0969. The minimum atomic E-state index is -0.303. The molecule has 0 aliphatic carbocycles. The Morgan fingerprint density at radius 2 is 2.06 bits per heavy atom. The van der Waals surface area contributed by atoms with Gasteiger partial charge in [0.25, 0.3) is 0 Å². The largest absolute Gasteiger partial charge is 0.380 e. The number of hydrogen-bond acceptors (Lipinski definition) is 3. The van der Waals surface area contributed by atoms with Gasteiger partial charge in [-0.05, 0) is 25.7 Å². The first-order valence-electron chi connectivity index (χ1n) is 6.92. The van der Waals surface area contributed by atoms with Crippen LogP contribution in [0.15, 0.2) is 0 Å². The van der Waals surface area contributed by atoms with Gasteiger partial charge in [-0.2, -0.15) is 0 Å². The highest BCUT2D eigenvalue weighted by molar-refractivity contribution is 5.72. The minimum absolute atomic E-state index is 0.303. The van der Waals surface area contributed by atoms with Crippen molar-refractivity contribution in [3.8, 4) is 0 Å². The van der Waals surface area contributed by atoms with E-state index in [4.69, 9.17) is 10.5 Å². The van der Waals surface area contributed by atoms with Gasteiger partial charge >= 0.3 is 6.03 Å². The number of likely N-dealkylation sites (tertiary alicyclic amines) is 1. The fourth-order valence-corrected chi connectivity index (χ4v) is 2.25. The van der Waals surface area contributed by atoms with Crippen molar-refractivity contribution in [3.63, 3.8) is 0 Å². The monoisotopic (exact) mass is 257 g/mol. The van der Waals surface area contributed by atoms with Crippen LogP contribution in [-0.4, -0.2) is 49.3 Å². The van der Waals surface area contributed by atoms with Crippen molar-refractivity contribution in [2.24, 2.45) is 11.7 Å². The maximum absolute atomic E-state index is 11.0. The van der Waals surface area contributed by atoms with Crippen molar-refractivity contribution < 1.29 is 9.53 Å². The minimum Gasteiger partial charge on any atom is -0.380 e. The van der Waals surface area contributed by atoms with Gasteiger partial charge in [0.15, 0.2) is 0 Å². The molecule has 1 aliphatic rings. The molecule has 1 fully saturated rings. The van der Waals surface area contributed by atoms with E-state index in [-0.39, 0.29) is 6.03 Å². The van der Waals surface area contributed by atoms with Gasteiger partial charge in [-0.15, -0.1) is 0 Å². The summed E-state index contributed by atoms with van der Waals surface area (Å²) in [7, 11) is 0. The second-order valence-corrected chi connectivity index (χ2v) is 5.28. The summed E-state index contributed by atoms with van der Waals surface area (Å²) in [6, 6.07) is 0.548. The van der Waals surface area contributed by atoms with Crippen LogP contribution in [-0.2, 0) is 4.74 Å². The van der Waals surface area contributed by atoms with Gasteiger partial charge in [-0.1, -0.05) is 13.8 Å². The lowest BCUT2D eigenvalue weighted by Crippen LogP contribution is -2.51. The Hall–Kier alpha value is -0.810. The summed E-state index contributed by atoms with van der Waals surface area (Å²) in [5.74, 6) is 0.547. The molecule has 0 bridgehead atoms. The van der Waals surface area contributed by atoms with Crippen LogP contribution in [0.5, 0.6) is 0 Å². The van der Waals surface area contributed by atoms with E-state index >= 15 is 0 Å². The number of rotatable bonds is 6. The van der Waals surface area contributed by atoms with Crippen LogP contribution in [0.25, 0.3) is 0 Å². The molecule has 1 atom stereocenters. The maximum Gasteiger partial charge on any atom is 0.314 e. The van der Waals surface area contributed by atoms with E-state index in [0.29, 0.717) is 18.0 Å². The zero-order valence-electron chi connectivity index (χ0n) is 11.8. The molecule has 1 unspecified atom stereocenters. The molecular formula is C13H27N3O2. The number of hydrogen-bond donors (Lipinski definition) is 2. The summed E-state index contributed by atoms with van der Waals surface area (Å²) in [5.41, 5.74) is 5.27. The molecule has 0 saturated carbocycles. The molecule has 0 radical (unpaired) electrons. The summed E-state index contributed by atoms with van der Waals surface area (Å²) in [6.07, 6.45) is 1.94. The Kier molecular flexibility index (Phi) is 6.43. The molecule has 5 nitrogen and oxygen atoms in total. The molecule has 0 aromatic heterocycles. The van der Waals surface area contributed by atoms with Crippen LogP contribution in [0.1, 0.15) is 33.6 Å². The number of nitrogens with zero attached hydrogens (tertiary/aromatic N) is 1. The number of nitrogens with two attached hydrogens (primary N) is 1. The summed E-state index contributed by atoms with van der Waals surface area (Å²) in [6.45, 7) is 9.45. The van der Waals surface area contributed by atoms with Crippen LogP contribution < -0.4 is 11.1 Å². The zero-order chi connectivity index (χ0) is 13.5. The highest BCUT2D eigenvalue weighted by Gasteiger charge is 2.24. The summed E-state index contributed by atoms with van der Waals surface area (Å²) >= 11 is 0. The number of amides is 2. The second kappa shape index (κ2) is 7.59. The highest BCUT2D eigenvalue weighted by Crippen LogP contribution is 2.13. The number of piperidine rings is 1. The van der Waals surface area contributed by atoms with Crippen molar-refractivity contribution in [2.75, 3.05) is 26.3 Å². The predicted molar refractivity (Wildman–Crippen MR) is 72.4 cm³/mol. The summed E-state index contributed by atoms with van der Waals surface area (Å²) in [4.78, 5) is 12.8. The van der Waals surface area contributed by atoms with Crippen LogP contribution in [0, 0.1) is 5.92 Å². The van der Waals surface area contributed by atoms with Crippen LogP contribution >= 0.6 is 0 Å². The molecule has 0 aromatic rings. The van der Waals surface area contributed by atoms with Crippen LogP contribution in [0.2, 0.25) is 0 Å². The summed E-state index contributed by atoms with van der Waals surface area (Å²) in [5, 5.41) is 3.65. The zero-order valence-corrected chi connectivity index (χ0v) is 11.8. The SMILES string of the molecule is CCOCC(NC1CCN(C(N)=O)CC1)C(C)C. The number of carbonyl (C=O) groups is 1. The fraction of sp³-hybridized carbons (Fsp3) is 0.923. The van der Waals surface area contributed by atoms with E-state index in [2.05, 4.69) is 19.2 Å². The van der Waals surface area contributed by atoms with Gasteiger partial charge in [0.2, 0.25) is 0 Å². The van der Waals surface area contributed by atoms with Gasteiger partial charge in [-0.25, -0.2) is 4.79 Å². The first-order chi connectivity index (χ1) is 8.54. The first-order valence-corrected chi connectivity index (χ1v) is 6.92. The third kappa shape index (κ3) is 4.82.